The summed E-state index contributed by atoms with van der Waals surface area (Å²) in [6, 6.07) is 15.6. The van der Waals surface area contributed by atoms with Gasteiger partial charge >= 0.3 is 12.1 Å². The van der Waals surface area contributed by atoms with Crippen molar-refractivity contribution in [2.24, 2.45) is 0 Å². The fourth-order valence-corrected chi connectivity index (χ4v) is 4.59. The summed E-state index contributed by atoms with van der Waals surface area (Å²) in [6.07, 6.45) is 0.811. The van der Waals surface area contributed by atoms with Crippen LogP contribution in [0.1, 0.15) is 48.3 Å². The largest absolute Gasteiger partial charge is 0.492 e. The standard InChI is InChI=1S/C26H28F3N3O3/c27-26(28,29)25(34)35-31-16-18-5-3-6-20(15-18)19-11-13-32(14-12-19)24(33)10-4-7-21-17-30-23-9-2-1-8-22(21)23/h1-3,5-6,8-9,15,17,19,30-31H,4,7,10-14,16H2. The minimum absolute atomic E-state index is 0.0244. The van der Waals surface area contributed by atoms with Gasteiger partial charge in [0.15, 0.2) is 0 Å². The highest BCUT2D eigenvalue weighted by Crippen LogP contribution is 2.29. The Morgan fingerprint density at radius 3 is 2.63 bits per heavy atom. The van der Waals surface area contributed by atoms with E-state index in [4.69, 9.17) is 0 Å². The second kappa shape index (κ2) is 10.9. The molecule has 0 atom stereocenters. The topological polar surface area (TPSA) is 74.4 Å². The van der Waals surface area contributed by atoms with Gasteiger partial charge in [-0.25, -0.2) is 4.79 Å². The molecule has 0 bridgehead atoms. The van der Waals surface area contributed by atoms with Gasteiger partial charge in [0.1, 0.15) is 0 Å². The van der Waals surface area contributed by atoms with Crippen LogP contribution in [0.2, 0.25) is 0 Å². The highest BCUT2D eigenvalue weighted by Gasteiger charge is 2.41. The Bertz CT molecular complexity index is 1170. The van der Waals surface area contributed by atoms with Crippen molar-refractivity contribution >= 4 is 22.8 Å². The van der Waals surface area contributed by atoms with Gasteiger partial charge in [-0.1, -0.05) is 42.5 Å². The average Bonchev–Trinajstić information content (AvgIpc) is 3.27. The molecule has 1 aromatic heterocycles. The average molecular weight is 488 g/mol. The number of halogens is 3. The van der Waals surface area contributed by atoms with E-state index in [0.717, 1.165) is 36.8 Å². The number of nitrogens with one attached hydrogen (secondary N) is 2. The number of likely N-dealkylation sites (tertiary alicyclic amines) is 1. The van der Waals surface area contributed by atoms with Crippen LogP contribution < -0.4 is 5.48 Å². The molecule has 0 saturated carbocycles. The number of hydroxylamine groups is 1. The smallest absolute Gasteiger partial charge is 0.363 e. The third-order valence-corrected chi connectivity index (χ3v) is 6.45. The molecule has 0 radical (unpaired) electrons. The van der Waals surface area contributed by atoms with Crippen LogP contribution >= 0.6 is 0 Å². The normalized spacial score (nSPS) is 14.9. The van der Waals surface area contributed by atoms with Gasteiger partial charge in [-0.15, -0.1) is 5.48 Å². The molecule has 0 aliphatic carbocycles. The molecule has 1 saturated heterocycles. The number of hydrogen-bond donors (Lipinski definition) is 2. The minimum atomic E-state index is -5.03. The summed E-state index contributed by atoms with van der Waals surface area (Å²) in [7, 11) is 0. The van der Waals surface area contributed by atoms with E-state index in [0.29, 0.717) is 25.1 Å². The number of amides is 1. The summed E-state index contributed by atoms with van der Waals surface area (Å²) in [5, 5.41) is 1.21. The van der Waals surface area contributed by atoms with Gasteiger partial charge in [-0.2, -0.15) is 13.2 Å². The molecule has 0 unspecified atom stereocenters. The Hall–Kier alpha value is -3.33. The first kappa shape index (κ1) is 24.8. The van der Waals surface area contributed by atoms with Gasteiger partial charge in [-0.3, -0.25) is 4.79 Å². The lowest BCUT2D eigenvalue weighted by Crippen LogP contribution is -2.37. The molecule has 186 valence electrons. The van der Waals surface area contributed by atoms with Crippen molar-refractivity contribution < 1.29 is 27.6 Å². The second-order valence-electron chi connectivity index (χ2n) is 8.82. The van der Waals surface area contributed by atoms with E-state index in [1.807, 2.05) is 47.5 Å². The maximum Gasteiger partial charge on any atom is 0.492 e. The number of fused-ring (bicyclic) bond motifs is 1. The van der Waals surface area contributed by atoms with Crippen molar-refractivity contribution in [1.82, 2.24) is 15.4 Å². The van der Waals surface area contributed by atoms with Crippen molar-refractivity contribution in [3.05, 3.63) is 71.4 Å². The quantitative estimate of drug-likeness (QED) is 0.438. The van der Waals surface area contributed by atoms with E-state index in [9.17, 15) is 22.8 Å². The number of benzene rings is 2. The number of aromatic amines is 1. The lowest BCUT2D eigenvalue weighted by atomic mass is 9.88. The Balaban J connectivity index is 1.21. The Morgan fingerprint density at radius 1 is 1.09 bits per heavy atom. The zero-order valence-electron chi connectivity index (χ0n) is 19.2. The number of carbonyl (C=O) groups excluding carboxylic acids is 2. The molecule has 2 aromatic carbocycles. The number of aryl methyl sites for hydroxylation is 1. The molecule has 2 N–H and O–H groups in total. The van der Waals surface area contributed by atoms with Crippen LogP contribution in [0.3, 0.4) is 0 Å². The molecule has 1 fully saturated rings. The molecule has 1 aliphatic rings. The van der Waals surface area contributed by atoms with E-state index >= 15 is 0 Å². The first-order chi connectivity index (χ1) is 16.8. The molecule has 6 nitrogen and oxygen atoms in total. The van der Waals surface area contributed by atoms with Crippen LogP contribution in [0.4, 0.5) is 13.2 Å². The third kappa shape index (κ3) is 6.42. The summed E-state index contributed by atoms with van der Waals surface area (Å²) in [5.74, 6) is -1.83. The first-order valence-electron chi connectivity index (χ1n) is 11.7. The summed E-state index contributed by atoms with van der Waals surface area (Å²) in [5.41, 5.74) is 6.20. The van der Waals surface area contributed by atoms with Crippen LogP contribution in [0, 0.1) is 0 Å². The summed E-state index contributed by atoms with van der Waals surface area (Å²) >= 11 is 0. The van der Waals surface area contributed by atoms with Crippen LogP contribution in [-0.4, -0.2) is 41.0 Å². The van der Waals surface area contributed by atoms with Gasteiger partial charge in [-0.05, 0) is 54.4 Å². The van der Waals surface area contributed by atoms with Crippen LogP contribution in [-0.2, 0) is 27.4 Å². The molecule has 3 aromatic rings. The second-order valence-corrected chi connectivity index (χ2v) is 8.82. The molecule has 35 heavy (non-hydrogen) atoms. The summed E-state index contributed by atoms with van der Waals surface area (Å²) < 4.78 is 36.6. The molecule has 0 spiro atoms. The monoisotopic (exact) mass is 487 g/mol. The SMILES string of the molecule is O=C(CCCc1c[nH]c2ccccc12)N1CCC(c2cccc(CNOC(=O)C(F)(F)F)c2)CC1. The highest BCUT2D eigenvalue weighted by molar-refractivity contribution is 5.83. The van der Waals surface area contributed by atoms with Crippen molar-refractivity contribution in [2.75, 3.05) is 13.1 Å². The Morgan fingerprint density at radius 2 is 1.86 bits per heavy atom. The first-order valence-corrected chi connectivity index (χ1v) is 11.7. The maximum atomic E-state index is 12.7. The Kier molecular flexibility index (Phi) is 7.75. The van der Waals surface area contributed by atoms with Gasteiger partial charge in [0, 0.05) is 36.6 Å². The maximum absolute atomic E-state index is 12.7. The van der Waals surface area contributed by atoms with Crippen molar-refractivity contribution in [3.63, 3.8) is 0 Å². The Labute approximate surface area is 201 Å². The van der Waals surface area contributed by atoms with Crippen molar-refractivity contribution in [1.29, 1.82) is 0 Å². The van der Waals surface area contributed by atoms with Crippen molar-refractivity contribution in [2.45, 2.75) is 50.7 Å². The van der Waals surface area contributed by atoms with E-state index in [1.165, 1.54) is 10.9 Å². The fourth-order valence-electron chi connectivity index (χ4n) is 4.59. The minimum Gasteiger partial charge on any atom is -0.363 e. The molecule has 9 heteroatoms. The fraction of sp³-hybridized carbons (Fsp3) is 0.385. The number of aromatic nitrogens is 1. The molecular weight excluding hydrogens is 459 g/mol. The van der Waals surface area contributed by atoms with Crippen molar-refractivity contribution in [3.8, 4) is 0 Å². The number of carbonyl (C=O) groups is 2. The molecule has 2 heterocycles. The molecule has 1 amide bonds. The summed E-state index contributed by atoms with van der Waals surface area (Å²) in [4.78, 5) is 32.8. The zero-order valence-corrected chi connectivity index (χ0v) is 19.2. The zero-order chi connectivity index (χ0) is 24.8. The number of H-pyrrole nitrogens is 1. The highest BCUT2D eigenvalue weighted by atomic mass is 19.4. The number of hydrogen-bond acceptors (Lipinski definition) is 4. The number of alkyl halides is 3. The van der Waals surface area contributed by atoms with Gasteiger partial charge < -0.3 is 14.7 Å². The number of piperidine rings is 1. The lowest BCUT2D eigenvalue weighted by Gasteiger charge is -2.32. The van der Waals surface area contributed by atoms with E-state index < -0.39 is 12.1 Å². The van der Waals surface area contributed by atoms with E-state index in [1.54, 1.807) is 6.07 Å². The number of para-hydroxylation sites is 1. The molecular formula is C26H28F3N3O3. The van der Waals surface area contributed by atoms with Crippen LogP contribution in [0.5, 0.6) is 0 Å². The van der Waals surface area contributed by atoms with Gasteiger partial charge in [0.2, 0.25) is 5.91 Å². The molecule has 1 aliphatic heterocycles. The van der Waals surface area contributed by atoms with Gasteiger partial charge in [0.25, 0.3) is 0 Å². The molecule has 4 rings (SSSR count). The van der Waals surface area contributed by atoms with Crippen LogP contribution in [0.25, 0.3) is 10.9 Å². The van der Waals surface area contributed by atoms with E-state index in [-0.39, 0.29) is 18.4 Å². The van der Waals surface area contributed by atoms with E-state index in [2.05, 4.69) is 21.4 Å². The summed E-state index contributed by atoms with van der Waals surface area (Å²) in [6.45, 7) is 1.34. The van der Waals surface area contributed by atoms with Gasteiger partial charge in [0.05, 0.1) is 6.54 Å². The predicted octanol–water partition coefficient (Wildman–Crippen LogP) is 5.01. The third-order valence-electron chi connectivity index (χ3n) is 6.45. The lowest BCUT2D eigenvalue weighted by molar-refractivity contribution is -0.207. The number of rotatable bonds is 8. The predicted molar refractivity (Wildman–Crippen MR) is 125 cm³/mol. The van der Waals surface area contributed by atoms with Crippen LogP contribution in [0.15, 0.2) is 54.7 Å². The number of nitrogens with zero attached hydrogens (tertiary/aromatic N) is 1.